The normalized spacial score (nSPS) is 17.9. The van der Waals surface area contributed by atoms with Crippen molar-refractivity contribution in [2.75, 3.05) is 0 Å². The van der Waals surface area contributed by atoms with Crippen LogP contribution >= 0.6 is 0 Å². The van der Waals surface area contributed by atoms with Crippen LogP contribution < -0.4 is 4.74 Å². The summed E-state index contributed by atoms with van der Waals surface area (Å²) >= 11 is 0. The Morgan fingerprint density at radius 2 is 1.88 bits per heavy atom. The number of aliphatic hydroxyl groups excluding tert-OH is 1. The minimum Gasteiger partial charge on any atom is -0.507 e. The van der Waals surface area contributed by atoms with Crippen LogP contribution in [0.2, 0.25) is 0 Å². The van der Waals surface area contributed by atoms with E-state index in [0.29, 0.717) is 22.6 Å². The minimum absolute atomic E-state index is 0.0451. The maximum absolute atomic E-state index is 13.3. The van der Waals surface area contributed by atoms with Gasteiger partial charge in [-0.15, -0.1) is 0 Å². The number of Topliss-reactive ketones (excluding diaryl/α,β-unsaturated/α-hetero) is 1. The fourth-order valence-corrected chi connectivity index (χ4v) is 3.72. The number of ether oxygens (including phenoxy) is 1. The van der Waals surface area contributed by atoms with Gasteiger partial charge >= 0.3 is 0 Å². The van der Waals surface area contributed by atoms with Crippen LogP contribution in [-0.4, -0.2) is 27.8 Å². The molecule has 0 saturated carbocycles. The van der Waals surface area contributed by atoms with Gasteiger partial charge in [0, 0.05) is 12.1 Å². The molecule has 3 aromatic rings. The average molecular weight is 435 g/mol. The van der Waals surface area contributed by atoms with E-state index in [1.165, 1.54) is 23.3 Å². The molecule has 164 valence electrons. The quantitative estimate of drug-likeness (QED) is 0.341. The first-order chi connectivity index (χ1) is 15.3. The molecule has 0 radical (unpaired) electrons. The zero-order chi connectivity index (χ0) is 22.8. The second-order valence-corrected chi connectivity index (χ2v) is 7.76. The van der Waals surface area contributed by atoms with Crippen molar-refractivity contribution in [1.29, 1.82) is 0 Å². The molecule has 1 aliphatic heterocycles. The smallest absolute Gasteiger partial charge is 0.296 e. The molecule has 0 aliphatic carbocycles. The Balaban J connectivity index is 1.79. The fraction of sp³-hybridized carbons (Fsp3) is 0.200. The van der Waals surface area contributed by atoms with Gasteiger partial charge in [-0.05, 0) is 55.8 Å². The summed E-state index contributed by atoms with van der Waals surface area (Å²) in [4.78, 5) is 27.2. The summed E-state index contributed by atoms with van der Waals surface area (Å²) in [5, 5.41) is 11.1. The fourth-order valence-electron chi connectivity index (χ4n) is 3.72. The van der Waals surface area contributed by atoms with E-state index in [1.54, 1.807) is 48.5 Å². The van der Waals surface area contributed by atoms with Gasteiger partial charge in [-0.3, -0.25) is 9.59 Å². The van der Waals surface area contributed by atoms with Crippen molar-refractivity contribution in [3.05, 3.63) is 95.2 Å². The number of hydrogen-bond acceptors (Lipinski definition) is 5. The third kappa shape index (κ3) is 4.14. The number of aliphatic hydroxyl groups is 1. The van der Waals surface area contributed by atoms with Crippen molar-refractivity contribution in [1.82, 2.24) is 4.90 Å². The van der Waals surface area contributed by atoms with Crippen LogP contribution in [0.25, 0.3) is 5.76 Å². The Hall–Kier alpha value is -3.87. The molecular weight excluding hydrogens is 413 g/mol. The van der Waals surface area contributed by atoms with Gasteiger partial charge in [0.2, 0.25) is 0 Å². The SMILES string of the molecule is CC(C)Oc1cccc(/C(O)=C2/C(=O)C(=O)N(Cc3ccc(F)cc3)C2c2ccco2)c1. The third-order valence-corrected chi connectivity index (χ3v) is 5.10. The highest BCUT2D eigenvalue weighted by atomic mass is 19.1. The van der Waals surface area contributed by atoms with E-state index in [4.69, 9.17) is 9.15 Å². The molecule has 2 heterocycles. The molecule has 0 bridgehead atoms. The van der Waals surface area contributed by atoms with Crippen LogP contribution in [0, 0.1) is 5.82 Å². The summed E-state index contributed by atoms with van der Waals surface area (Å²) in [5.74, 6) is -1.45. The summed E-state index contributed by atoms with van der Waals surface area (Å²) < 4.78 is 24.5. The van der Waals surface area contributed by atoms with E-state index >= 15 is 0 Å². The first-order valence-corrected chi connectivity index (χ1v) is 10.2. The molecule has 1 N–H and O–H groups in total. The predicted molar refractivity (Wildman–Crippen MR) is 115 cm³/mol. The maximum Gasteiger partial charge on any atom is 0.296 e. The lowest BCUT2D eigenvalue weighted by atomic mass is 9.99. The molecule has 0 spiro atoms. The third-order valence-electron chi connectivity index (χ3n) is 5.10. The highest BCUT2D eigenvalue weighted by Crippen LogP contribution is 2.40. The van der Waals surface area contributed by atoms with Gasteiger partial charge in [0.15, 0.2) is 0 Å². The van der Waals surface area contributed by atoms with Crippen molar-refractivity contribution in [3.63, 3.8) is 0 Å². The van der Waals surface area contributed by atoms with Gasteiger partial charge < -0.3 is 19.2 Å². The van der Waals surface area contributed by atoms with Gasteiger partial charge in [0.25, 0.3) is 11.7 Å². The Morgan fingerprint density at radius 3 is 2.53 bits per heavy atom. The molecule has 1 fully saturated rings. The topological polar surface area (TPSA) is 80.0 Å². The molecule has 1 atom stereocenters. The molecule has 6 nitrogen and oxygen atoms in total. The standard InChI is InChI=1S/C25H22FNO5/c1-15(2)32-19-6-3-5-17(13-19)23(28)21-22(20-7-4-12-31-20)27(25(30)24(21)29)14-16-8-10-18(26)11-9-16/h3-13,15,22,28H,14H2,1-2H3/b23-21-. The van der Waals surface area contributed by atoms with Crippen LogP contribution in [0.3, 0.4) is 0 Å². The van der Waals surface area contributed by atoms with Gasteiger partial charge in [-0.25, -0.2) is 4.39 Å². The number of carbonyl (C=O) groups excluding carboxylic acids is 2. The predicted octanol–water partition coefficient (Wildman–Crippen LogP) is 4.83. The largest absolute Gasteiger partial charge is 0.507 e. The van der Waals surface area contributed by atoms with Crippen LogP contribution in [0.15, 0.2) is 76.9 Å². The number of halogens is 1. The average Bonchev–Trinajstić information content (AvgIpc) is 3.37. The van der Waals surface area contributed by atoms with E-state index in [0.717, 1.165) is 0 Å². The lowest BCUT2D eigenvalue weighted by Gasteiger charge is -2.23. The van der Waals surface area contributed by atoms with E-state index in [1.807, 2.05) is 13.8 Å². The second-order valence-electron chi connectivity index (χ2n) is 7.76. The Morgan fingerprint density at radius 1 is 1.12 bits per heavy atom. The molecule has 1 unspecified atom stereocenters. The summed E-state index contributed by atoms with van der Waals surface area (Å²) in [6.07, 6.45) is 1.36. The zero-order valence-corrected chi connectivity index (χ0v) is 17.6. The molecular formula is C25H22FNO5. The van der Waals surface area contributed by atoms with Crippen molar-refractivity contribution >= 4 is 17.4 Å². The number of carbonyl (C=O) groups is 2. The van der Waals surface area contributed by atoms with E-state index in [-0.39, 0.29) is 24.0 Å². The van der Waals surface area contributed by atoms with Crippen molar-refractivity contribution in [2.45, 2.75) is 32.5 Å². The van der Waals surface area contributed by atoms with Gasteiger partial charge in [-0.2, -0.15) is 0 Å². The number of benzene rings is 2. The monoisotopic (exact) mass is 435 g/mol. The summed E-state index contributed by atoms with van der Waals surface area (Å²) in [5.41, 5.74) is 0.908. The van der Waals surface area contributed by atoms with Gasteiger partial charge in [-0.1, -0.05) is 24.3 Å². The molecule has 1 aliphatic rings. The van der Waals surface area contributed by atoms with E-state index in [2.05, 4.69) is 0 Å². The van der Waals surface area contributed by atoms with Crippen LogP contribution in [-0.2, 0) is 16.1 Å². The molecule has 2 aromatic carbocycles. The minimum atomic E-state index is -0.926. The number of amides is 1. The molecule has 1 amide bonds. The first kappa shape index (κ1) is 21.4. The summed E-state index contributed by atoms with van der Waals surface area (Å²) in [7, 11) is 0. The highest BCUT2D eigenvalue weighted by molar-refractivity contribution is 6.46. The number of likely N-dealkylation sites (tertiary alicyclic amines) is 1. The lowest BCUT2D eigenvalue weighted by Crippen LogP contribution is -2.29. The molecule has 1 saturated heterocycles. The van der Waals surface area contributed by atoms with Gasteiger partial charge in [0.05, 0.1) is 17.9 Å². The molecule has 32 heavy (non-hydrogen) atoms. The van der Waals surface area contributed by atoms with Crippen molar-refractivity contribution in [3.8, 4) is 5.75 Å². The number of rotatable bonds is 6. The van der Waals surface area contributed by atoms with Crippen LogP contribution in [0.4, 0.5) is 4.39 Å². The number of hydrogen-bond donors (Lipinski definition) is 1. The number of furan rings is 1. The lowest BCUT2D eigenvalue weighted by molar-refractivity contribution is -0.140. The highest BCUT2D eigenvalue weighted by Gasteiger charge is 2.47. The zero-order valence-electron chi connectivity index (χ0n) is 17.6. The number of ketones is 1. The van der Waals surface area contributed by atoms with E-state index < -0.39 is 23.5 Å². The van der Waals surface area contributed by atoms with E-state index in [9.17, 15) is 19.1 Å². The van der Waals surface area contributed by atoms with Crippen molar-refractivity contribution in [2.24, 2.45) is 0 Å². The Kier molecular flexibility index (Phi) is 5.81. The van der Waals surface area contributed by atoms with Crippen LogP contribution in [0.5, 0.6) is 5.75 Å². The van der Waals surface area contributed by atoms with Crippen LogP contribution in [0.1, 0.15) is 36.8 Å². The molecule has 7 heteroatoms. The Bertz CT molecular complexity index is 1170. The molecule has 1 aromatic heterocycles. The maximum atomic E-state index is 13.3. The van der Waals surface area contributed by atoms with Gasteiger partial charge in [0.1, 0.15) is 29.1 Å². The summed E-state index contributed by atoms with van der Waals surface area (Å²) in [6.45, 7) is 3.80. The Labute approximate surface area is 184 Å². The first-order valence-electron chi connectivity index (χ1n) is 10.2. The van der Waals surface area contributed by atoms with Crippen molar-refractivity contribution < 1.29 is 28.2 Å². The second kappa shape index (κ2) is 8.70. The molecule has 4 rings (SSSR count). The summed E-state index contributed by atoms with van der Waals surface area (Å²) in [6, 6.07) is 14.7. The number of nitrogens with zero attached hydrogens (tertiary/aromatic N) is 1.